The van der Waals surface area contributed by atoms with E-state index in [-0.39, 0.29) is 12.1 Å². The molecule has 0 saturated carbocycles. The van der Waals surface area contributed by atoms with Crippen LogP contribution in [0.4, 0.5) is 0 Å². The summed E-state index contributed by atoms with van der Waals surface area (Å²) >= 11 is 0. The highest BCUT2D eigenvalue weighted by Gasteiger charge is 2.06. The molecule has 2 atom stereocenters. The Labute approximate surface area is 91.2 Å². The number of hydrogen-bond acceptors (Lipinski definition) is 2. The molecule has 1 N–H and O–H groups in total. The van der Waals surface area contributed by atoms with Gasteiger partial charge >= 0.3 is 0 Å². The lowest BCUT2D eigenvalue weighted by atomic mass is 10.1. The minimum absolute atomic E-state index is 0.269. The summed E-state index contributed by atoms with van der Waals surface area (Å²) in [6, 6.07) is 10.3. The summed E-state index contributed by atoms with van der Waals surface area (Å²) in [5.41, 5.74) is 1.88. The third-order valence-electron chi connectivity index (χ3n) is 2.41. The van der Waals surface area contributed by atoms with Gasteiger partial charge in [-0.15, -0.1) is 6.58 Å². The van der Waals surface area contributed by atoms with E-state index < -0.39 is 0 Å². The number of rotatable bonds is 4. The van der Waals surface area contributed by atoms with Gasteiger partial charge in [0.2, 0.25) is 0 Å². The first-order valence-corrected chi connectivity index (χ1v) is 5.06. The monoisotopic (exact) mass is 200 g/mol. The molecule has 0 aliphatic rings. The predicted molar refractivity (Wildman–Crippen MR) is 62.4 cm³/mol. The largest absolute Gasteiger partial charge is 0.304 e. The summed E-state index contributed by atoms with van der Waals surface area (Å²) in [7, 11) is 0. The van der Waals surface area contributed by atoms with Gasteiger partial charge in [-0.05, 0) is 31.5 Å². The molecule has 2 unspecified atom stereocenters. The van der Waals surface area contributed by atoms with Gasteiger partial charge < -0.3 is 5.32 Å². The van der Waals surface area contributed by atoms with E-state index in [0.717, 1.165) is 0 Å². The Balaban J connectivity index is 2.70. The lowest BCUT2D eigenvalue weighted by Gasteiger charge is -2.17. The van der Waals surface area contributed by atoms with Crippen LogP contribution in [0, 0.1) is 11.3 Å². The fourth-order valence-corrected chi connectivity index (χ4v) is 1.40. The van der Waals surface area contributed by atoms with Crippen LogP contribution in [0.3, 0.4) is 0 Å². The lowest BCUT2D eigenvalue weighted by Crippen LogP contribution is -2.26. The Morgan fingerprint density at radius 1 is 1.33 bits per heavy atom. The van der Waals surface area contributed by atoms with Crippen LogP contribution in [0.1, 0.15) is 31.0 Å². The summed E-state index contributed by atoms with van der Waals surface area (Å²) in [6.07, 6.45) is 1.88. The van der Waals surface area contributed by atoms with Crippen LogP contribution in [0.5, 0.6) is 0 Å². The quantitative estimate of drug-likeness (QED) is 0.758. The smallest absolute Gasteiger partial charge is 0.0991 e. The summed E-state index contributed by atoms with van der Waals surface area (Å²) in [6.45, 7) is 7.89. The van der Waals surface area contributed by atoms with Gasteiger partial charge in [-0.3, -0.25) is 0 Å². The summed E-state index contributed by atoms with van der Waals surface area (Å²) in [5, 5.41) is 12.1. The van der Waals surface area contributed by atoms with Crippen LogP contribution in [0.25, 0.3) is 0 Å². The Hall–Kier alpha value is -1.59. The lowest BCUT2D eigenvalue weighted by molar-refractivity contribution is 0.537. The van der Waals surface area contributed by atoms with Crippen molar-refractivity contribution < 1.29 is 0 Å². The third kappa shape index (κ3) is 3.23. The van der Waals surface area contributed by atoms with Gasteiger partial charge in [0.05, 0.1) is 11.6 Å². The van der Waals surface area contributed by atoms with Gasteiger partial charge in [-0.2, -0.15) is 5.26 Å². The molecule has 0 spiro atoms. The van der Waals surface area contributed by atoms with E-state index in [0.29, 0.717) is 5.56 Å². The molecule has 0 bridgehead atoms. The Bertz CT molecular complexity index is 359. The molecule has 1 rings (SSSR count). The van der Waals surface area contributed by atoms with Crippen molar-refractivity contribution in [1.29, 1.82) is 5.26 Å². The maximum atomic E-state index is 8.67. The van der Waals surface area contributed by atoms with Crippen molar-refractivity contribution in [3.63, 3.8) is 0 Å². The highest BCUT2D eigenvalue weighted by Crippen LogP contribution is 2.13. The Morgan fingerprint density at radius 3 is 2.40 bits per heavy atom. The summed E-state index contributed by atoms with van der Waals surface area (Å²) < 4.78 is 0. The van der Waals surface area contributed by atoms with Crippen LogP contribution in [0.2, 0.25) is 0 Å². The SMILES string of the molecule is C=CC(C)NC(C)c1ccc(C#N)cc1. The van der Waals surface area contributed by atoms with E-state index in [1.807, 2.05) is 30.3 Å². The van der Waals surface area contributed by atoms with E-state index in [1.165, 1.54) is 5.56 Å². The molecule has 0 saturated heterocycles. The van der Waals surface area contributed by atoms with Crippen LogP contribution in [0.15, 0.2) is 36.9 Å². The van der Waals surface area contributed by atoms with Crippen molar-refractivity contribution in [2.75, 3.05) is 0 Å². The molecule has 1 aromatic rings. The number of nitrogens with zero attached hydrogens (tertiary/aromatic N) is 1. The number of nitriles is 1. The van der Waals surface area contributed by atoms with Gasteiger partial charge in [-0.1, -0.05) is 18.2 Å². The van der Waals surface area contributed by atoms with Crippen molar-refractivity contribution in [2.45, 2.75) is 25.9 Å². The van der Waals surface area contributed by atoms with E-state index in [2.05, 4.69) is 31.8 Å². The summed E-state index contributed by atoms with van der Waals surface area (Å²) in [5.74, 6) is 0. The second-order valence-electron chi connectivity index (χ2n) is 3.65. The van der Waals surface area contributed by atoms with Gasteiger partial charge in [-0.25, -0.2) is 0 Å². The first-order valence-electron chi connectivity index (χ1n) is 5.06. The maximum Gasteiger partial charge on any atom is 0.0991 e. The first-order chi connectivity index (χ1) is 7.17. The Morgan fingerprint density at radius 2 is 1.93 bits per heavy atom. The fourth-order valence-electron chi connectivity index (χ4n) is 1.40. The molecule has 15 heavy (non-hydrogen) atoms. The minimum Gasteiger partial charge on any atom is -0.304 e. The average Bonchev–Trinajstić information content (AvgIpc) is 2.29. The standard InChI is InChI=1S/C13H16N2/c1-4-10(2)15-11(3)13-7-5-12(9-14)6-8-13/h4-8,10-11,15H,1H2,2-3H3. The average molecular weight is 200 g/mol. The van der Waals surface area contributed by atoms with E-state index in [9.17, 15) is 0 Å². The normalized spacial score (nSPS) is 13.9. The van der Waals surface area contributed by atoms with E-state index >= 15 is 0 Å². The zero-order valence-corrected chi connectivity index (χ0v) is 9.20. The van der Waals surface area contributed by atoms with Crippen molar-refractivity contribution in [3.05, 3.63) is 48.0 Å². The number of nitrogens with one attached hydrogen (secondary N) is 1. The minimum atomic E-state index is 0.269. The highest BCUT2D eigenvalue weighted by atomic mass is 14.9. The molecule has 2 nitrogen and oxygen atoms in total. The number of hydrogen-bond donors (Lipinski definition) is 1. The molecule has 1 aromatic carbocycles. The Kier molecular flexibility index (Phi) is 4.08. The zero-order chi connectivity index (χ0) is 11.3. The van der Waals surface area contributed by atoms with Crippen molar-refractivity contribution in [3.8, 4) is 6.07 Å². The predicted octanol–water partition coefficient (Wildman–Crippen LogP) is 2.78. The molecule has 0 aliphatic heterocycles. The van der Waals surface area contributed by atoms with Gasteiger partial charge in [0.15, 0.2) is 0 Å². The van der Waals surface area contributed by atoms with E-state index in [1.54, 1.807) is 0 Å². The highest BCUT2D eigenvalue weighted by molar-refractivity contribution is 5.32. The second kappa shape index (κ2) is 5.33. The van der Waals surface area contributed by atoms with Gasteiger partial charge in [0.1, 0.15) is 0 Å². The van der Waals surface area contributed by atoms with Crippen molar-refractivity contribution >= 4 is 0 Å². The molecule has 78 valence electrons. The van der Waals surface area contributed by atoms with Crippen LogP contribution in [-0.2, 0) is 0 Å². The fraction of sp³-hybridized carbons (Fsp3) is 0.308. The topological polar surface area (TPSA) is 35.8 Å². The van der Waals surface area contributed by atoms with Crippen LogP contribution < -0.4 is 5.32 Å². The second-order valence-corrected chi connectivity index (χ2v) is 3.65. The summed E-state index contributed by atoms with van der Waals surface area (Å²) in [4.78, 5) is 0. The molecule has 0 amide bonds. The zero-order valence-electron chi connectivity index (χ0n) is 9.20. The molecule has 0 aromatic heterocycles. The molecule has 0 fully saturated rings. The maximum absolute atomic E-state index is 8.67. The molecule has 2 heteroatoms. The van der Waals surface area contributed by atoms with Crippen LogP contribution in [-0.4, -0.2) is 6.04 Å². The molecule has 0 heterocycles. The van der Waals surface area contributed by atoms with Crippen LogP contribution >= 0.6 is 0 Å². The van der Waals surface area contributed by atoms with Gasteiger partial charge in [0.25, 0.3) is 0 Å². The van der Waals surface area contributed by atoms with Crippen molar-refractivity contribution in [1.82, 2.24) is 5.32 Å². The molecule has 0 radical (unpaired) electrons. The van der Waals surface area contributed by atoms with E-state index in [4.69, 9.17) is 5.26 Å². The molecular weight excluding hydrogens is 184 g/mol. The first kappa shape index (κ1) is 11.5. The van der Waals surface area contributed by atoms with Gasteiger partial charge in [0, 0.05) is 12.1 Å². The molecular formula is C13H16N2. The number of benzene rings is 1. The van der Waals surface area contributed by atoms with Crippen molar-refractivity contribution in [2.24, 2.45) is 0 Å². The molecule has 0 aliphatic carbocycles. The third-order valence-corrected chi connectivity index (χ3v) is 2.41.